The van der Waals surface area contributed by atoms with Gasteiger partial charge in [0, 0.05) is 31.5 Å². The zero-order valence-corrected chi connectivity index (χ0v) is 16.8. The molecule has 0 radical (unpaired) electrons. The smallest absolute Gasteiger partial charge is 0.240 e. The molecular formula is C20H24N4O2S. The minimum atomic E-state index is -3.61. The first-order valence-corrected chi connectivity index (χ1v) is 10.2. The first-order chi connectivity index (χ1) is 12.7. The molecule has 0 aliphatic carbocycles. The summed E-state index contributed by atoms with van der Waals surface area (Å²) in [5, 5.41) is 4.16. The normalized spacial score (nSPS) is 12.3. The van der Waals surface area contributed by atoms with Crippen molar-refractivity contribution in [1.82, 2.24) is 19.5 Å². The van der Waals surface area contributed by atoms with Crippen molar-refractivity contribution in [1.29, 1.82) is 0 Å². The Balaban J connectivity index is 1.80. The maximum absolute atomic E-state index is 12.7. The van der Waals surface area contributed by atoms with Gasteiger partial charge in [-0.25, -0.2) is 13.1 Å². The molecule has 0 aliphatic rings. The molecule has 0 spiro atoms. The zero-order valence-electron chi connectivity index (χ0n) is 16.0. The van der Waals surface area contributed by atoms with Gasteiger partial charge in [0.2, 0.25) is 10.0 Å². The molecule has 1 aromatic carbocycles. The molecule has 142 valence electrons. The van der Waals surface area contributed by atoms with Gasteiger partial charge in [-0.1, -0.05) is 39.0 Å². The lowest BCUT2D eigenvalue weighted by atomic mass is 9.87. The lowest BCUT2D eigenvalue weighted by Crippen LogP contribution is -2.24. The largest absolute Gasteiger partial charge is 0.275 e. The van der Waals surface area contributed by atoms with Crippen LogP contribution < -0.4 is 4.72 Å². The maximum Gasteiger partial charge on any atom is 0.240 e. The highest BCUT2D eigenvalue weighted by Crippen LogP contribution is 2.24. The Morgan fingerprint density at radius 1 is 1.11 bits per heavy atom. The summed E-state index contributed by atoms with van der Waals surface area (Å²) in [6.07, 6.45) is 5.25. The molecule has 7 heteroatoms. The Hall–Kier alpha value is -2.51. The van der Waals surface area contributed by atoms with Crippen LogP contribution >= 0.6 is 0 Å². The predicted molar refractivity (Wildman–Crippen MR) is 106 cm³/mol. The van der Waals surface area contributed by atoms with Crippen LogP contribution in [0.15, 0.2) is 59.9 Å². The van der Waals surface area contributed by atoms with Crippen LogP contribution in [0.4, 0.5) is 0 Å². The van der Waals surface area contributed by atoms with E-state index < -0.39 is 10.0 Å². The molecule has 0 saturated carbocycles. The highest BCUT2D eigenvalue weighted by molar-refractivity contribution is 7.89. The van der Waals surface area contributed by atoms with Gasteiger partial charge in [-0.2, -0.15) is 5.10 Å². The molecule has 3 rings (SSSR count). The molecule has 6 nitrogen and oxygen atoms in total. The van der Waals surface area contributed by atoms with Crippen molar-refractivity contribution in [3.63, 3.8) is 0 Å². The van der Waals surface area contributed by atoms with E-state index in [1.54, 1.807) is 35.3 Å². The number of pyridine rings is 1. The van der Waals surface area contributed by atoms with Crippen molar-refractivity contribution in [2.75, 3.05) is 0 Å². The quantitative estimate of drug-likeness (QED) is 0.732. The first kappa shape index (κ1) is 19.3. The van der Waals surface area contributed by atoms with Gasteiger partial charge in [-0.3, -0.25) is 9.67 Å². The molecular weight excluding hydrogens is 360 g/mol. The number of sulfonamides is 1. The molecule has 2 heterocycles. The fourth-order valence-corrected chi connectivity index (χ4v) is 3.78. The third-order valence-corrected chi connectivity index (χ3v) is 5.77. The molecule has 3 aromatic rings. The second-order valence-corrected chi connectivity index (χ2v) is 9.28. The fraction of sp³-hybridized carbons (Fsp3) is 0.300. The molecule has 0 aliphatic heterocycles. The van der Waals surface area contributed by atoms with E-state index in [0.29, 0.717) is 0 Å². The van der Waals surface area contributed by atoms with E-state index in [0.717, 1.165) is 22.4 Å². The summed E-state index contributed by atoms with van der Waals surface area (Å²) in [5.41, 5.74) is 3.43. The van der Waals surface area contributed by atoms with Crippen LogP contribution in [0.25, 0.3) is 11.3 Å². The van der Waals surface area contributed by atoms with Gasteiger partial charge in [0.05, 0.1) is 16.8 Å². The third kappa shape index (κ3) is 4.43. The zero-order chi connectivity index (χ0) is 19.7. The average Bonchev–Trinajstić information content (AvgIpc) is 3.06. The van der Waals surface area contributed by atoms with E-state index in [-0.39, 0.29) is 16.9 Å². The molecule has 0 saturated heterocycles. The summed E-state index contributed by atoms with van der Waals surface area (Å²) < 4.78 is 29.7. The highest BCUT2D eigenvalue weighted by Gasteiger charge is 2.18. The molecule has 27 heavy (non-hydrogen) atoms. The monoisotopic (exact) mass is 384 g/mol. The van der Waals surface area contributed by atoms with Gasteiger partial charge in [0.15, 0.2) is 0 Å². The SMILES string of the molecule is Cn1cc(-c2ncccc2CNS(=O)(=O)c2ccc(C(C)(C)C)cc2)cn1. The van der Waals surface area contributed by atoms with Gasteiger partial charge in [-0.15, -0.1) is 0 Å². The summed E-state index contributed by atoms with van der Waals surface area (Å²) in [6, 6.07) is 10.7. The van der Waals surface area contributed by atoms with Crippen LogP contribution in [0.1, 0.15) is 31.9 Å². The average molecular weight is 385 g/mol. The molecule has 0 atom stereocenters. The van der Waals surface area contributed by atoms with Crippen LogP contribution in [0.2, 0.25) is 0 Å². The van der Waals surface area contributed by atoms with Gasteiger partial charge < -0.3 is 0 Å². The van der Waals surface area contributed by atoms with Crippen molar-refractivity contribution in [2.24, 2.45) is 7.05 Å². The van der Waals surface area contributed by atoms with E-state index in [9.17, 15) is 8.42 Å². The van der Waals surface area contributed by atoms with Crippen LogP contribution in [-0.2, 0) is 29.0 Å². The van der Waals surface area contributed by atoms with E-state index in [1.165, 1.54) is 0 Å². The molecule has 0 fully saturated rings. The Kier molecular flexibility index (Phi) is 5.17. The fourth-order valence-electron chi connectivity index (χ4n) is 2.77. The number of benzene rings is 1. The molecule has 0 unspecified atom stereocenters. The van der Waals surface area contributed by atoms with E-state index in [1.807, 2.05) is 31.4 Å². The Labute approximate surface area is 160 Å². The lowest BCUT2D eigenvalue weighted by Gasteiger charge is -2.19. The second-order valence-electron chi connectivity index (χ2n) is 7.51. The summed E-state index contributed by atoms with van der Waals surface area (Å²) in [5.74, 6) is 0. The van der Waals surface area contributed by atoms with Gasteiger partial charge in [-0.05, 0) is 34.7 Å². The van der Waals surface area contributed by atoms with Crippen LogP contribution in [0.5, 0.6) is 0 Å². The number of nitrogens with one attached hydrogen (secondary N) is 1. The van der Waals surface area contributed by atoms with Crippen LogP contribution in [0.3, 0.4) is 0 Å². The molecule has 0 bridgehead atoms. The molecule has 2 aromatic heterocycles. The molecule has 0 amide bonds. The first-order valence-electron chi connectivity index (χ1n) is 8.70. The summed E-state index contributed by atoms with van der Waals surface area (Å²) >= 11 is 0. The standard InChI is InChI=1S/C20H24N4O2S/c1-20(2,3)17-7-9-18(10-8-17)27(25,26)23-13-15-6-5-11-21-19(15)16-12-22-24(4)14-16/h5-12,14,23H,13H2,1-4H3. The Bertz CT molecular complexity index is 1030. The highest BCUT2D eigenvalue weighted by atomic mass is 32.2. The van der Waals surface area contributed by atoms with E-state index >= 15 is 0 Å². The Morgan fingerprint density at radius 2 is 1.81 bits per heavy atom. The third-order valence-electron chi connectivity index (χ3n) is 4.35. The molecule has 1 N–H and O–H groups in total. The van der Waals surface area contributed by atoms with Crippen molar-refractivity contribution < 1.29 is 8.42 Å². The van der Waals surface area contributed by atoms with Gasteiger partial charge in [0.1, 0.15) is 0 Å². The van der Waals surface area contributed by atoms with E-state index in [4.69, 9.17) is 0 Å². The minimum absolute atomic E-state index is 0.0238. The Morgan fingerprint density at radius 3 is 2.41 bits per heavy atom. The lowest BCUT2D eigenvalue weighted by molar-refractivity contribution is 0.578. The van der Waals surface area contributed by atoms with Crippen LogP contribution in [0, 0.1) is 0 Å². The van der Waals surface area contributed by atoms with Crippen molar-refractivity contribution in [3.8, 4) is 11.3 Å². The number of hydrogen-bond donors (Lipinski definition) is 1. The summed E-state index contributed by atoms with van der Waals surface area (Å²) in [6.45, 7) is 6.44. The summed E-state index contributed by atoms with van der Waals surface area (Å²) in [4.78, 5) is 4.64. The van der Waals surface area contributed by atoms with Crippen molar-refractivity contribution in [3.05, 3.63) is 66.1 Å². The maximum atomic E-state index is 12.7. The minimum Gasteiger partial charge on any atom is -0.275 e. The number of aromatic nitrogens is 3. The van der Waals surface area contributed by atoms with Crippen molar-refractivity contribution >= 4 is 10.0 Å². The van der Waals surface area contributed by atoms with Crippen LogP contribution in [-0.4, -0.2) is 23.2 Å². The van der Waals surface area contributed by atoms with E-state index in [2.05, 4.69) is 35.6 Å². The second kappa shape index (κ2) is 7.25. The number of rotatable bonds is 5. The number of aryl methyl sites for hydroxylation is 1. The number of nitrogens with zero attached hydrogens (tertiary/aromatic N) is 3. The topological polar surface area (TPSA) is 76.9 Å². The van der Waals surface area contributed by atoms with Crippen molar-refractivity contribution in [2.45, 2.75) is 37.6 Å². The van der Waals surface area contributed by atoms with Gasteiger partial charge in [0.25, 0.3) is 0 Å². The van der Waals surface area contributed by atoms with Gasteiger partial charge >= 0.3 is 0 Å². The summed E-state index contributed by atoms with van der Waals surface area (Å²) in [7, 11) is -1.78. The number of hydrogen-bond acceptors (Lipinski definition) is 4. The predicted octanol–water partition coefficient (Wildman–Crippen LogP) is 3.26.